The standard InChI is InChI=1S/C14H12N4O/c1-8-10(6-15)13(16)18-14(17-8)11-7-19-12-5-3-2-4-9(11)12/h2-5,11H,7H2,1H3,(H2,16,17,18). The molecule has 94 valence electrons. The van der Waals surface area contributed by atoms with Crippen LogP contribution < -0.4 is 10.5 Å². The number of aryl methyl sites for hydroxylation is 1. The van der Waals surface area contributed by atoms with E-state index in [0.717, 1.165) is 11.3 Å². The molecule has 3 rings (SSSR count). The zero-order chi connectivity index (χ0) is 13.4. The van der Waals surface area contributed by atoms with Crippen LogP contribution in [0.25, 0.3) is 0 Å². The highest BCUT2D eigenvalue weighted by molar-refractivity contribution is 5.52. The number of nitrogens with two attached hydrogens (primary N) is 1. The summed E-state index contributed by atoms with van der Waals surface area (Å²) in [5.74, 6) is 1.68. The first-order chi connectivity index (χ1) is 9.20. The molecular formula is C14H12N4O. The van der Waals surface area contributed by atoms with Gasteiger partial charge >= 0.3 is 0 Å². The summed E-state index contributed by atoms with van der Waals surface area (Å²) < 4.78 is 5.62. The lowest BCUT2D eigenvalue weighted by molar-refractivity contribution is 0.339. The summed E-state index contributed by atoms with van der Waals surface area (Å²) in [4.78, 5) is 8.64. The topological polar surface area (TPSA) is 84.8 Å². The van der Waals surface area contributed by atoms with E-state index in [9.17, 15) is 0 Å². The van der Waals surface area contributed by atoms with Gasteiger partial charge in [-0.3, -0.25) is 0 Å². The average molecular weight is 252 g/mol. The first kappa shape index (κ1) is 11.5. The molecule has 1 atom stereocenters. The van der Waals surface area contributed by atoms with Gasteiger partial charge in [0.25, 0.3) is 0 Å². The number of nitriles is 1. The highest BCUT2D eigenvalue weighted by Gasteiger charge is 2.28. The zero-order valence-corrected chi connectivity index (χ0v) is 10.4. The average Bonchev–Trinajstić information content (AvgIpc) is 2.82. The van der Waals surface area contributed by atoms with Gasteiger partial charge in [-0.05, 0) is 13.0 Å². The fourth-order valence-corrected chi connectivity index (χ4v) is 2.29. The molecule has 0 radical (unpaired) electrons. The SMILES string of the molecule is Cc1nc(C2COc3ccccc32)nc(N)c1C#N. The minimum atomic E-state index is -0.0232. The van der Waals surface area contributed by atoms with Gasteiger partial charge < -0.3 is 10.5 Å². The number of fused-ring (bicyclic) bond motifs is 1. The van der Waals surface area contributed by atoms with Crippen molar-refractivity contribution in [1.82, 2.24) is 9.97 Å². The maximum Gasteiger partial charge on any atom is 0.145 e. The number of aromatic nitrogens is 2. The van der Waals surface area contributed by atoms with Crippen LogP contribution in [-0.4, -0.2) is 16.6 Å². The van der Waals surface area contributed by atoms with Gasteiger partial charge in [0.1, 0.15) is 35.6 Å². The molecule has 2 aromatic rings. The molecule has 0 aliphatic carbocycles. The molecule has 0 saturated carbocycles. The van der Waals surface area contributed by atoms with Crippen molar-refractivity contribution >= 4 is 5.82 Å². The van der Waals surface area contributed by atoms with Gasteiger partial charge in [0, 0.05) is 5.56 Å². The van der Waals surface area contributed by atoms with E-state index < -0.39 is 0 Å². The van der Waals surface area contributed by atoms with E-state index >= 15 is 0 Å². The first-order valence-corrected chi connectivity index (χ1v) is 5.96. The second-order valence-electron chi connectivity index (χ2n) is 4.44. The van der Waals surface area contributed by atoms with Crippen LogP contribution in [0.5, 0.6) is 5.75 Å². The minimum absolute atomic E-state index is 0.0232. The molecule has 0 bridgehead atoms. The van der Waals surface area contributed by atoms with Crippen LogP contribution in [-0.2, 0) is 0 Å². The molecule has 0 spiro atoms. The van der Waals surface area contributed by atoms with Crippen molar-refractivity contribution < 1.29 is 4.74 Å². The number of rotatable bonds is 1. The Labute approximate surface area is 110 Å². The highest BCUT2D eigenvalue weighted by atomic mass is 16.5. The number of nitrogen functional groups attached to an aromatic ring is 1. The molecule has 1 aromatic heterocycles. The van der Waals surface area contributed by atoms with Gasteiger partial charge in [0.2, 0.25) is 0 Å². The van der Waals surface area contributed by atoms with Gasteiger partial charge in [-0.1, -0.05) is 18.2 Å². The van der Waals surface area contributed by atoms with E-state index in [1.807, 2.05) is 30.3 Å². The molecule has 1 aromatic carbocycles. The smallest absolute Gasteiger partial charge is 0.145 e. The Morgan fingerprint density at radius 2 is 2.16 bits per heavy atom. The van der Waals surface area contributed by atoms with Crippen molar-refractivity contribution in [1.29, 1.82) is 5.26 Å². The van der Waals surface area contributed by atoms with Crippen LogP contribution in [0, 0.1) is 18.3 Å². The Kier molecular flexibility index (Phi) is 2.57. The maximum absolute atomic E-state index is 8.98. The molecule has 2 N–H and O–H groups in total. The number of benzene rings is 1. The van der Waals surface area contributed by atoms with E-state index in [0.29, 0.717) is 23.7 Å². The Bertz CT molecular complexity index is 667. The summed E-state index contributed by atoms with van der Waals surface area (Å²) in [6.45, 7) is 2.27. The number of nitrogens with zero attached hydrogens (tertiary/aromatic N) is 3. The fraction of sp³-hybridized carbons (Fsp3) is 0.214. The predicted octanol–water partition coefficient (Wildman–Crippen LogP) is 1.76. The second kappa shape index (κ2) is 4.25. The fourth-order valence-electron chi connectivity index (χ4n) is 2.29. The molecule has 2 heterocycles. The molecule has 0 saturated heterocycles. The summed E-state index contributed by atoms with van der Waals surface area (Å²) >= 11 is 0. The van der Waals surface area contributed by atoms with Gasteiger partial charge in [0.15, 0.2) is 0 Å². The third-order valence-electron chi connectivity index (χ3n) is 3.26. The normalized spacial score (nSPS) is 16.5. The Balaban J connectivity index is 2.08. The third kappa shape index (κ3) is 1.78. The van der Waals surface area contributed by atoms with Crippen LogP contribution in [0.4, 0.5) is 5.82 Å². The monoisotopic (exact) mass is 252 g/mol. The summed E-state index contributed by atoms with van der Waals surface area (Å²) in [5.41, 5.74) is 7.82. The zero-order valence-electron chi connectivity index (χ0n) is 10.4. The van der Waals surface area contributed by atoms with Gasteiger partial charge in [-0.15, -0.1) is 0 Å². The van der Waals surface area contributed by atoms with Crippen LogP contribution >= 0.6 is 0 Å². The largest absolute Gasteiger partial charge is 0.492 e. The van der Waals surface area contributed by atoms with Gasteiger partial charge in [-0.2, -0.15) is 5.26 Å². The molecule has 1 aliphatic rings. The molecule has 1 aliphatic heterocycles. The van der Waals surface area contributed by atoms with E-state index in [1.54, 1.807) is 6.92 Å². The van der Waals surface area contributed by atoms with Crippen LogP contribution in [0.1, 0.15) is 28.6 Å². The molecule has 0 amide bonds. The lowest BCUT2D eigenvalue weighted by Crippen LogP contribution is -2.12. The summed E-state index contributed by atoms with van der Waals surface area (Å²) in [6, 6.07) is 9.83. The van der Waals surface area contributed by atoms with Crippen molar-refractivity contribution in [2.45, 2.75) is 12.8 Å². The van der Waals surface area contributed by atoms with Crippen molar-refractivity contribution in [2.75, 3.05) is 12.3 Å². The van der Waals surface area contributed by atoms with Crippen LogP contribution in [0.2, 0.25) is 0 Å². The number of para-hydroxylation sites is 1. The van der Waals surface area contributed by atoms with Gasteiger partial charge in [-0.25, -0.2) is 9.97 Å². The minimum Gasteiger partial charge on any atom is -0.492 e. The molecule has 0 fully saturated rings. The summed E-state index contributed by atoms with van der Waals surface area (Å²) in [6.07, 6.45) is 0. The van der Waals surface area contributed by atoms with E-state index in [-0.39, 0.29) is 11.7 Å². The van der Waals surface area contributed by atoms with Crippen molar-refractivity contribution in [3.63, 3.8) is 0 Å². The molecule has 19 heavy (non-hydrogen) atoms. The predicted molar refractivity (Wildman–Crippen MR) is 69.7 cm³/mol. The number of ether oxygens (including phenoxy) is 1. The Hall–Kier alpha value is -2.61. The van der Waals surface area contributed by atoms with Gasteiger partial charge in [0.05, 0.1) is 11.6 Å². The van der Waals surface area contributed by atoms with Crippen molar-refractivity contribution in [3.8, 4) is 11.8 Å². The lowest BCUT2D eigenvalue weighted by Gasteiger charge is -2.10. The molecular weight excluding hydrogens is 240 g/mol. The van der Waals surface area contributed by atoms with E-state index in [1.165, 1.54) is 0 Å². The maximum atomic E-state index is 8.98. The number of hydrogen-bond acceptors (Lipinski definition) is 5. The van der Waals surface area contributed by atoms with E-state index in [4.69, 9.17) is 15.7 Å². The molecule has 5 nitrogen and oxygen atoms in total. The first-order valence-electron chi connectivity index (χ1n) is 5.96. The van der Waals surface area contributed by atoms with E-state index in [2.05, 4.69) is 9.97 Å². The quantitative estimate of drug-likeness (QED) is 0.835. The van der Waals surface area contributed by atoms with Crippen molar-refractivity contribution in [2.24, 2.45) is 0 Å². The van der Waals surface area contributed by atoms with Crippen molar-refractivity contribution in [3.05, 3.63) is 46.9 Å². The Morgan fingerprint density at radius 1 is 1.37 bits per heavy atom. The van der Waals surface area contributed by atoms with Crippen LogP contribution in [0.3, 0.4) is 0 Å². The summed E-state index contributed by atoms with van der Waals surface area (Å²) in [5, 5.41) is 8.98. The highest BCUT2D eigenvalue weighted by Crippen LogP contribution is 2.36. The summed E-state index contributed by atoms with van der Waals surface area (Å²) in [7, 11) is 0. The number of hydrogen-bond donors (Lipinski definition) is 1. The molecule has 5 heteroatoms. The Morgan fingerprint density at radius 3 is 2.89 bits per heavy atom. The van der Waals surface area contributed by atoms with Crippen LogP contribution in [0.15, 0.2) is 24.3 Å². The molecule has 1 unspecified atom stereocenters. The third-order valence-corrected chi connectivity index (χ3v) is 3.26. The number of anilines is 1. The second-order valence-corrected chi connectivity index (χ2v) is 4.44. The lowest BCUT2D eigenvalue weighted by atomic mass is 10.0.